The lowest BCUT2D eigenvalue weighted by atomic mass is 9.98. The summed E-state index contributed by atoms with van der Waals surface area (Å²) in [7, 11) is 4.18. The average molecular weight is 527 g/mol. The largest absolute Gasteiger partial charge is 0.368 e. The average Bonchev–Trinajstić information content (AvgIpc) is 2.91. The minimum Gasteiger partial charge on any atom is -0.368 e. The van der Waals surface area contributed by atoms with E-state index < -0.39 is 0 Å². The third kappa shape index (κ3) is 5.38. The number of hydrogen-bond acceptors (Lipinski definition) is 6. The maximum Gasteiger partial charge on any atom is 0.165 e. The lowest BCUT2D eigenvalue weighted by molar-refractivity contribution is 0.331. The molecule has 0 amide bonds. The fourth-order valence-corrected chi connectivity index (χ4v) is 5.40. The van der Waals surface area contributed by atoms with Crippen molar-refractivity contribution in [3.63, 3.8) is 0 Å². The predicted octanol–water partition coefficient (Wildman–Crippen LogP) is 6.12. The quantitative estimate of drug-likeness (QED) is 0.258. The highest BCUT2D eigenvalue weighted by molar-refractivity contribution is 6.34. The van der Waals surface area contributed by atoms with E-state index in [0.717, 1.165) is 84.9 Å². The Kier molecular flexibility index (Phi) is 7.63. The number of nitrogens with zero attached hydrogens (tertiary/aromatic N) is 6. The van der Waals surface area contributed by atoms with Gasteiger partial charge in [0.15, 0.2) is 5.65 Å². The Morgan fingerprint density at radius 2 is 1.79 bits per heavy atom. The van der Waals surface area contributed by atoms with Gasteiger partial charge in [-0.05, 0) is 68.5 Å². The van der Waals surface area contributed by atoms with E-state index in [-0.39, 0.29) is 0 Å². The minimum atomic E-state index is 0.608. The maximum absolute atomic E-state index is 6.97. The van der Waals surface area contributed by atoms with E-state index in [4.69, 9.17) is 26.6 Å². The molecule has 2 aromatic heterocycles. The Morgan fingerprint density at radius 1 is 1.03 bits per heavy atom. The molecule has 4 aromatic rings. The molecule has 1 aliphatic heterocycles. The molecule has 5 rings (SSSR count). The summed E-state index contributed by atoms with van der Waals surface area (Å²) in [6.45, 7) is 14.5. The number of fused-ring (bicyclic) bond motifs is 2. The molecule has 1 aliphatic rings. The third-order valence-corrected chi connectivity index (χ3v) is 7.44. The smallest absolute Gasteiger partial charge is 0.165 e. The summed E-state index contributed by atoms with van der Waals surface area (Å²) in [5.41, 5.74) is 4.61. The van der Waals surface area contributed by atoms with E-state index >= 15 is 0 Å². The second-order valence-corrected chi connectivity index (χ2v) is 10.7. The summed E-state index contributed by atoms with van der Waals surface area (Å²) >= 11 is 6.97. The number of aryl methyl sites for hydroxylation is 2. The Labute approximate surface area is 230 Å². The standard InChI is InChI=1S/C31H35ClN6/c1-6-22(3)37-14-16-38(17-15-37)31-26-20-27(32)29(25-19-21(2)18-23-10-7-8-11-24(23)25)35-30(26)33-28(34-31)12-9-13-36(4)5/h6-8,10-11,18-20H,1,3,9,12-17H2,2,4-5H3. The topological polar surface area (TPSA) is 48.4 Å². The van der Waals surface area contributed by atoms with Crippen molar-refractivity contribution in [2.45, 2.75) is 19.8 Å². The number of aromatic nitrogens is 3. The van der Waals surface area contributed by atoms with Crippen LogP contribution in [-0.2, 0) is 6.42 Å². The Morgan fingerprint density at radius 3 is 2.53 bits per heavy atom. The van der Waals surface area contributed by atoms with Crippen molar-refractivity contribution in [2.75, 3.05) is 51.7 Å². The van der Waals surface area contributed by atoms with Gasteiger partial charge >= 0.3 is 0 Å². The molecule has 7 heteroatoms. The number of rotatable bonds is 8. The Balaban J connectivity index is 1.60. The molecule has 0 aliphatic carbocycles. The fraction of sp³-hybridized carbons (Fsp3) is 0.323. The van der Waals surface area contributed by atoms with Gasteiger partial charge in [0.1, 0.15) is 11.6 Å². The summed E-state index contributed by atoms with van der Waals surface area (Å²) in [5.74, 6) is 1.73. The van der Waals surface area contributed by atoms with Crippen LogP contribution in [0.1, 0.15) is 17.8 Å². The first-order valence-electron chi connectivity index (χ1n) is 13.2. The second kappa shape index (κ2) is 11.1. The van der Waals surface area contributed by atoms with Crippen LogP contribution in [-0.4, -0.2) is 71.6 Å². The molecular formula is C31H35ClN6. The highest BCUT2D eigenvalue weighted by atomic mass is 35.5. The van der Waals surface area contributed by atoms with Gasteiger partial charge in [-0.25, -0.2) is 15.0 Å². The summed E-state index contributed by atoms with van der Waals surface area (Å²) in [4.78, 5) is 21.9. The molecule has 196 valence electrons. The van der Waals surface area contributed by atoms with Crippen LogP contribution in [0.25, 0.3) is 33.1 Å². The van der Waals surface area contributed by atoms with Gasteiger partial charge in [0, 0.05) is 43.9 Å². The van der Waals surface area contributed by atoms with Crippen LogP contribution in [0, 0.1) is 6.92 Å². The van der Waals surface area contributed by atoms with Crippen LogP contribution >= 0.6 is 11.6 Å². The van der Waals surface area contributed by atoms with Gasteiger partial charge in [0.05, 0.1) is 16.1 Å². The fourth-order valence-electron chi connectivity index (χ4n) is 5.14. The normalized spacial score (nSPS) is 14.0. The van der Waals surface area contributed by atoms with Gasteiger partial charge in [0.25, 0.3) is 0 Å². The molecule has 3 heterocycles. The first-order chi connectivity index (χ1) is 18.3. The highest BCUT2D eigenvalue weighted by Crippen LogP contribution is 2.36. The third-order valence-electron chi connectivity index (χ3n) is 7.15. The second-order valence-electron chi connectivity index (χ2n) is 10.3. The molecule has 0 N–H and O–H groups in total. The molecule has 6 nitrogen and oxygen atoms in total. The lowest BCUT2D eigenvalue weighted by Crippen LogP contribution is -2.46. The zero-order valence-corrected chi connectivity index (χ0v) is 23.3. The molecule has 2 aromatic carbocycles. The van der Waals surface area contributed by atoms with Crippen LogP contribution in [0.5, 0.6) is 0 Å². The molecule has 0 spiro atoms. The maximum atomic E-state index is 6.97. The summed E-state index contributed by atoms with van der Waals surface area (Å²) in [6.07, 6.45) is 3.59. The van der Waals surface area contributed by atoms with Gasteiger partial charge in [-0.15, -0.1) is 0 Å². The summed E-state index contributed by atoms with van der Waals surface area (Å²) in [5, 5.41) is 3.80. The molecule has 0 unspecified atom stereocenters. The van der Waals surface area contributed by atoms with Crippen molar-refractivity contribution in [1.82, 2.24) is 24.8 Å². The van der Waals surface area contributed by atoms with Gasteiger partial charge < -0.3 is 14.7 Å². The van der Waals surface area contributed by atoms with Crippen LogP contribution < -0.4 is 4.90 Å². The van der Waals surface area contributed by atoms with Crippen molar-refractivity contribution < 1.29 is 0 Å². The SMILES string of the molecule is C=CC(=C)N1CCN(c2nc(CCCN(C)C)nc3nc(-c4cc(C)cc5ccccc45)c(Cl)cc23)CC1. The molecule has 0 saturated carbocycles. The molecule has 0 radical (unpaired) electrons. The van der Waals surface area contributed by atoms with Crippen molar-refractivity contribution in [3.05, 3.63) is 83.8 Å². The molecule has 0 atom stereocenters. The zero-order chi connectivity index (χ0) is 26.8. The number of allylic oxidation sites excluding steroid dienone is 1. The first kappa shape index (κ1) is 26.1. The Hall–Kier alpha value is -3.48. The van der Waals surface area contributed by atoms with Crippen molar-refractivity contribution in [2.24, 2.45) is 0 Å². The van der Waals surface area contributed by atoms with E-state index in [0.29, 0.717) is 10.7 Å². The van der Waals surface area contributed by atoms with Crippen molar-refractivity contribution in [3.8, 4) is 11.3 Å². The minimum absolute atomic E-state index is 0.608. The van der Waals surface area contributed by atoms with Gasteiger partial charge in [0.2, 0.25) is 0 Å². The molecule has 38 heavy (non-hydrogen) atoms. The van der Waals surface area contributed by atoms with E-state index in [2.05, 4.69) is 85.3 Å². The van der Waals surface area contributed by atoms with Gasteiger partial charge in [-0.1, -0.05) is 55.1 Å². The van der Waals surface area contributed by atoms with Crippen LogP contribution in [0.2, 0.25) is 5.02 Å². The molecule has 0 bridgehead atoms. The van der Waals surface area contributed by atoms with E-state index in [9.17, 15) is 0 Å². The van der Waals surface area contributed by atoms with Gasteiger partial charge in [-0.3, -0.25) is 0 Å². The number of piperazine rings is 1. The van der Waals surface area contributed by atoms with Crippen molar-refractivity contribution >= 4 is 39.2 Å². The first-order valence-corrected chi connectivity index (χ1v) is 13.5. The van der Waals surface area contributed by atoms with Crippen LogP contribution in [0.3, 0.4) is 0 Å². The number of hydrogen-bond donors (Lipinski definition) is 0. The van der Waals surface area contributed by atoms with Crippen LogP contribution in [0.15, 0.2) is 67.4 Å². The predicted molar refractivity (Wildman–Crippen MR) is 160 cm³/mol. The molecular weight excluding hydrogens is 492 g/mol. The molecule has 1 fully saturated rings. The summed E-state index contributed by atoms with van der Waals surface area (Å²) in [6, 6.07) is 14.7. The number of anilines is 1. The van der Waals surface area contributed by atoms with Crippen molar-refractivity contribution in [1.29, 1.82) is 0 Å². The zero-order valence-electron chi connectivity index (χ0n) is 22.5. The molecule has 1 saturated heterocycles. The van der Waals surface area contributed by atoms with E-state index in [1.165, 1.54) is 10.9 Å². The number of pyridine rings is 1. The highest BCUT2D eigenvalue weighted by Gasteiger charge is 2.23. The summed E-state index contributed by atoms with van der Waals surface area (Å²) < 4.78 is 0. The lowest BCUT2D eigenvalue weighted by Gasteiger charge is -2.37. The van der Waals surface area contributed by atoms with E-state index in [1.54, 1.807) is 0 Å². The van der Waals surface area contributed by atoms with Crippen LogP contribution in [0.4, 0.5) is 5.82 Å². The van der Waals surface area contributed by atoms with Gasteiger partial charge in [-0.2, -0.15) is 0 Å². The monoisotopic (exact) mass is 526 g/mol. The number of benzene rings is 2. The van der Waals surface area contributed by atoms with E-state index in [1.807, 2.05) is 12.1 Å². The number of halogens is 1. The Bertz CT molecular complexity index is 1500.